The average molecular weight is 259 g/mol. The lowest BCUT2D eigenvalue weighted by Gasteiger charge is -2.31. The highest BCUT2D eigenvalue weighted by atomic mass is 16.5. The van der Waals surface area contributed by atoms with E-state index in [-0.39, 0.29) is 17.5 Å². The Morgan fingerprint density at radius 1 is 0.889 bits per heavy atom. The summed E-state index contributed by atoms with van der Waals surface area (Å²) in [6.07, 6.45) is 9.82. The molecular formula is C15H33NO2. The van der Waals surface area contributed by atoms with Gasteiger partial charge in [0.05, 0.1) is 12.5 Å². The van der Waals surface area contributed by atoms with Crippen molar-refractivity contribution in [2.75, 3.05) is 7.11 Å². The van der Waals surface area contributed by atoms with Crippen molar-refractivity contribution in [3.8, 4) is 0 Å². The average Bonchev–Trinajstić information content (AvgIpc) is 2.37. The quantitative estimate of drug-likeness (QED) is 0.569. The topological polar surface area (TPSA) is 61.3 Å². The number of carbonyl (C=O) groups excluding carboxylic acids is 1. The Kier molecular flexibility index (Phi) is 12.6. The van der Waals surface area contributed by atoms with Gasteiger partial charge in [0.15, 0.2) is 0 Å². The smallest absolute Gasteiger partial charge is 0.311 e. The molecule has 110 valence electrons. The monoisotopic (exact) mass is 259 g/mol. The van der Waals surface area contributed by atoms with E-state index in [1.54, 1.807) is 0 Å². The van der Waals surface area contributed by atoms with Crippen molar-refractivity contribution in [3.63, 3.8) is 0 Å². The van der Waals surface area contributed by atoms with E-state index in [9.17, 15) is 4.79 Å². The minimum Gasteiger partial charge on any atom is -0.469 e. The zero-order valence-electron chi connectivity index (χ0n) is 12.9. The minimum absolute atomic E-state index is 0. The molecule has 0 bridgehead atoms. The van der Waals surface area contributed by atoms with Crippen molar-refractivity contribution in [1.29, 1.82) is 0 Å². The number of ether oxygens (including phenoxy) is 1. The SMILES string of the molecule is CCCCC(CCCC)(CCCC)C(=O)OC.N. The minimum atomic E-state index is -0.198. The molecule has 0 fully saturated rings. The molecule has 0 heterocycles. The molecule has 3 N–H and O–H groups in total. The fourth-order valence-electron chi connectivity index (χ4n) is 2.44. The lowest BCUT2D eigenvalue weighted by molar-refractivity contribution is -0.154. The predicted octanol–water partition coefficient (Wildman–Crippen LogP) is 4.88. The summed E-state index contributed by atoms with van der Waals surface area (Å²) in [5, 5.41) is 0. The third-order valence-electron chi connectivity index (χ3n) is 3.65. The van der Waals surface area contributed by atoms with Crippen LogP contribution in [-0.2, 0) is 9.53 Å². The summed E-state index contributed by atoms with van der Waals surface area (Å²) in [5.41, 5.74) is -0.198. The Labute approximate surface area is 113 Å². The summed E-state index contributed by atoms with van der Waals surface area (Å²) in [4.78, 5) is 12.1. The van der Waals surface area contributed by atoms with Gasteiger partial charge in [0.1, 0.15) is 0 Å². The molecule has 0 amide bonds. The summed E-state index contributed by atoms with van der Waals surface area (Å²) in [6, 6.07) is 0. The van der Waals surface area contributed by atoms with Gasteiger partial charge in [-0.3, -0.25) is 4.79 Å². The van der Waals surface area contributed by atoms with Crippen molar-refractivity contribution < 1.29 is 9.53 Å². The van der Waals surface area contributed by atoms with E-state index in [1.807, 2.05) is 0 Å². The van der Waals surface area contributed by atoms with Crippen molar-refractivity contribution in [2.45, 2.75) is 78.6 Å². The molecule has 0 aliphatic carbocycles. The van der Waals surface area contributed by atoms with Gasteiger partial charge < -0.3 is 10.9 Å². The molecule has 3 nitrogen and oxygen atoms in total. The molecule has 0 unspecified atom stereocenters. The van der Waals surface area contributed by atoms with Crippen molar-refractivity contribution in [1.82, 2.24) is 6.15 Å². The zero-order chi connectivity index (χ0) is 13.1. The van der Waals surface area contributed by atoms with Crippen molar-refractivity contribution in [2.24, 2.45) is 5.41 Å². The van der Waals surface area contributed by atoms with Gasteiger partial charge in [-0.2, -0.15) is 0 Å². The van der Waals surface area contributed by atoms with Gasteiger partial charge in [-0.25, -0.2) is 0 Å². The van der Waals surface area contributed by atoms with E-state index in [0.717, 1.165) is 57.8 Å². The summed E-state index contributed by atoms with van der Waals surface area (Å²) in [7, 11) is 1.53. The molecular weight excluding hydrogens is 226 g/mol. The van der Waals surface area contributed by atoms with Gasteiger partial charge in [-0.05, 0) is 19.3 Å². The van der Waals surface area contributed by atoms with Crippen LogP contribution in [0.15, 0.2) is 0 Å². The second-order valence-corrected chi connectivity index (χ2v) is 5.08. The number of carbonyl (C=O) groups is 1. The highest BCUT2D eigenvalue weighted by Crippen LogP contribution is 2.37. The summed E-state index contributed by atoms with van der Waals surface area (Å²) in [5.74, 6) is 0.0212. The Morgan fingerprint density at radius 3 is 1.44 bits per heavy atom. The van der Waals surface area contributed by atoms with E-state index in [0.29, 0.717) is 0 Å². The first-order chi connectivity index (χ1) is 8.16. The lowest BCUT2D eigenvalue weighted by atomic mass is 9.74. The number of methoxy groups -OCH3 is 1. The molecule has 0 atom stereocenters. The molecule has 0 aliphatic heterocycles. The normalized spacial score (nSPS) is 10.9. The molecule has 0 aromatic heterocycles. The van der Waals surface area contributed by atoms with Gasteiger partial charge in [0.25, 0.3) is 0 Å². The van der Waals surface area contributed by atoms with Crippen LogP contribution in [0.3, 0.4) is 0 Å². The molecule has 0 radical (unpaired) electrons. The van der Waals surface area contributed by atoms with Crippen LogP contribution in [0.5, 0.6) is 0 Å². The standard InChI is InChI=1S/C15H30O2.H3N/c1-5-8-11-15(12-9-6-2,13-10-7-3)14(16)17-4;/h5-13H2,1-4H3;1H3. The Hall–Kier alpha value is -0.570. The number of hydrogen-bond acceptors (Lipinski definition) is 3. The number of unbranched alkanes of at least 4 members (excludes halogenated alkanes) is 3. The first kappa shape index (κ1) is 19.8. The van der Waals surface area contributed by atoms with Crippen LogP contribution in [-0.4, -0.2) is 13.1 Å². The maximum absolute atomic E-state index is 12.1. The molecule has 3 heteroatoms. The molecule has 0 saturated heterocycles. The zero-order valence-corrected chi connectivity index (χ0v) is 12.9. The van der Waals surface area contributed by atoms with Gasteiger partial charge in [0, 0.05) is 0 Å². The van der Waals surface area contributed by atoms with E-state index in [2.05, 4.69) is 20.8 Å². The molecule has 0 rings (SSSR count). The number of hydrogen-bond donors (Lipinski definition) is 1. The molecule has 0 aromatic carbocycles. The van der Waals surface area contributed by atoms with Crippen LogP contribution < -0.4 is 6.15 Å². The van der Waals surface area contributed by atoms with Crippen LogP contribution in [0.1, 0.15) is 78.6 Å². The van der Waals surface area contributed by atoms with Crippen LogP contribution in [0, 0.1) is 5.41 Å². The molecule has 0 aliphatic rings. The largest absolute Gasteiger partial charge is 0.469 e. The van der Waals surface area contributed by atoms with E-state index in [4.69, 9.17) is 4.74 Å². The van der Waals surface area contributed by atoms with Crippen molar-refractivity contribution >= 4 is 5.97 Å². The fraction of sp³-hybridized carbons (Fsp3) is 0.933. The van der Waals surface area contributed by atoms with Crippen molar-refractivity contribution in [3.05, 3.63) is 0 Å². The lowest BCUT2D eigenvalue weighted by Crippen LogP contribution is -2.32. The first-order valence-corrected chi connectivity index (χ1v) is 7.25. The second-order valence-electron chi connectivity index (χ2n) is 5.08. The number of rotatable bonds is 10. The van der Waals surface area contributed by atoms with E-state index >= 15 is 0 Å². The van der Waals surface area contributed by atoms with Crippen LogP contribution in [0.25, 0.3) is 0 Å². The van der Waals surface area contributed by atoms with Gasteiger partial charge in [0.2, 0.25) is 0 Å². The summed E-state index contributed by atoms with van der Waals surface area (Å²) in [6.45, 7) is 6.55. The maximum atomic E-state index is 12.1. The molecule has 18 heavy (non-hydrogen) atoms. The molecule has 0 spiro atoms. The van der Waals surface area contributed by atoms with Crippen LogP contribution in [0.4, 0.5) is 0 Å². The summed E-state index contributed by atoms with van der Waals surface area (Å²) >= 11 is 0. The maximum Gasteiger partial charge on any atom is 0.311 e. The van der Waals surface area contributed by atoms with Crippen LogP contribution >= 0.6 is 0 Å². The Balaban J connectivity index is 0. The summed E-state index contributed by atoms with van der Waals surface area (Å²) < 4.78 is 5.07. The highest BCUT2D eigenvalue weighted by molar-refractivity contribution is 5.76. The molecule has 0 saturated carbocycles. The second kappa shape index (κ2) is 11.5. The fourth-order valence-corrected chi connectivity index (χ4v) is 2.44. The number of esters is 1. The van der Waals surface area contributed by atoms with E-state index < -0.39 is 0 Å². The van der Waals surface area contributed by atoms with Gasteiger partial charge >= 0.3 is 5.97 Å². The predicted molar refractivity (Wildman–Crippen MR) is 78.0 cm³/mol. The Bertz CT molecular complexity index is 183. The van der Waals surface area contributed by atoms with E-state index in [1.165, 1.54) is 7.11 Å². The Morgan fingerprint density at radius 2 is 1.22 bits per heavy atom. The highest BCUT2D eigenvalue weighted by Gasteiger charge is 2.37. The third-order valence-corrected chi connectivity index (χ3v) is 3.65. The van der Waals surface area contributed by atoms with Crippen LogP contribution in [0.2, 0.25) is 0 Å². The van der Waals surface area contributed by atoms with Gasteiger partial charge in [-0.15, -0.1) is 0 Å². The first-order valence-electron chi connectivity index (χ1n) is 7.25. The van der Waals surface area contributed by atoms with Gasteiger partial charge in [-0.1, -0.05) is 59.3 Å². The third kappa shape index (κ3) is 6.39. The molecule has 0 aromatic rings.